The molecule has 1 rings (SSSR count). The Balaban J connectivity index is 2.72. The quantitative estimate of drug-likeness (QED) is 0.751. The summed E-state index contributed by atoms with van der Waals surface area (Å²) in [6, 6.07) is 6.68. The second-order valence-corrected chi connectivity index (χ2v) is 2.11. The first-order chi connectivity index (χ1) is 5.72. The number of hydrogen-bond acceptors (Lipinski definition) is 2. The maximum absolute atomic E-state index is 11.7. The van der Waals surface area contributed by atoms with E-state index in [4.69, 9.17) is 5.11 Å². The predicted molar refractivity (Wildman–Crippen MR) is 37.8 cm³/mol. The summed E-state index contributed by atoms with van der Waals surface area (Å²) in [5.74, 6) is 0.0107. The number of aliphatic hydroxyl groups is 1. The molecule has 65 valence electrons. The Morgan fingerprint density at radius 1 is 1.50 bits per heavy atom. The minimum atomic E-state index is -2.84. The van der Waals surface area contributed by atoms with Crippen LogP contribution in [0.5, 0.6) is 5.75 Å². The number of aliphatic hydroxyl groups excluding tert-OH is 1. The molecule has 2 nitrogen and oxygen atoms in total. The van der Waals surface area contributed by atoms with Crippen LogP contribution in [0.1, 0.15) is 5.56 Å². The van der Waals surface area contributed by atoms with Crippen molar-refractivity contribution in [2.45, 2.75) is 13.2 Å². The van der Waals surface area contributed by atoms with Gasteiger partial charge in [0.25, 0.3) is 0 Å². The highest BCUT2D eigenvalue weighted by atomic mass is 19.3. The van der Waals surface area contributed by atoms with Crippen molar-refractivity contribution >= 4 is 0 Å². The van der Waals surface area contributed by atoms with E-state index in [1.807, 2.05) is 0 Å². The van der Waals surface area contributed by atoms with Gasteiger partial charge >= 0.3 is 6.61 Å². The molecule has 0 bridgehead atoms. The van der Waals surface area contributed by atoms with Gasteiger partial charge in [-0.1, -0.05) is 0 Å². The Labute approximate surface area is 68.4 Å². The van der Waals surface area contributed by atoms with Crippen LogP contribution < -0.4 is 4.74 Å². The number of alkyl halides is 2. The fourth-order valence-electron chi connectivity index (χ4n) is 0.759. The van der Waals surface area contributed by atoms with Crippen molar-refractivity contribution in [2.24, 2.45) is 0 Å². The van der Waals surface area contributed by atoms with Gasteiger partial charge in [-0.2, -0.15) is 8.78 Å². The van der Waals surface area contributed by atoms with E-state index in [-0.39, 0.29) is 12.4 Å². The van der Waals surface area contributed by atoms with Crippen molar-refractivity contribution < 1.29 is 18.6 Å². The summed E-state index contributed by atoms with van der Waals surface area (Å²) in [7, 11) is 0. The number of benzene rings is 1. The largest absolute Gasteiger partial charge is 0.435 e. The summed E-state index contributed by atoms with van der Waals surface area (Å²) in [6.45, 7) is -3.05. The summed E-state index contributed by atoms with van der Waals surface area (Å²) < 4.78 is 27.4. The fourth-order valence-corrected chi connectivity index (χ4v) is 0.759. The molecule has 4 heteroatoms. The second-order valence-electron chi connectivity index (χ2n) is 2.11. The summed E-state index contributed by atoms with van der Waals surface area (Å²) in [5.41, 5.74) is 0.494. The molecule has 0 fully saturated rings. The van der Waals surface area contributed by atoms with Crippen LogP contribution in [0.25, 0.3) is 0 Å². The third-order valence-electron chi connectivity index (χ3n) is 1.23. The minimum absolute atomic E-state index is 0.0107. The van der Waals surface area contributed by atoms with Gasteiger partial charge in [0.05, 0.1) is 6.61 Å². The summed E-state index contributed by atoms with van der Waals surface area (Å²) >= 11 is 0. The van der Waals surface area contributed by atoms with Crippen LogP contribution in [-0.2, 0) is 6.61 Å². The molecule has 0 aliphatic rings. The molecule has 0 aliphatic carbocycles. The van der Waals surface area contributed by atoms with Crippen molar-refractivity contribution in [3.05, 3.63) is 29.8 Å². The van der Waals surface area contributed by atoms with E-state index >= 15 is 0 Å². The Morgan fingerprint density at radius 2 is 2.25 bits per heavy atom. The van der Waals surface area contributed by atoms with Crippen LogP contribution >= 0.6 is 0 Å². The third-order valence-corrected chi connectivity index (χ3v) is 1.23. The Hall–Kier alpha value is -1.16. The third kappa shape index (κ3) is 2.47. The molecule has 0 saturated carbocycles. The lowest BCUT2D eigenvalue weighted by Gasteiger charge is -2.04. The monoisotopic (exact) mass is 173 g/mol. The van der Waals surface area contributed by atoms with Gasteiger partial charge < -0.3 is 9.84 Å². The topological polar surface area (TPSA) is 29.5 Å². The highest BCUT2D eigenvalue weighted by Crippen LogP contribution is 2.15. The van der Waals surface area contributed by atoms with Gasteiger partial charge in [-0.05, 0) is 29.8 Å². The van der Waals surface area contributed by atoms with E-state index in [9.17, 15) is 8.78 Å². The molecule has 1 aromatic carbocycles. The van der Waals surface area contributed by atoms with E-state index in [0.717, 1.165) is 0 Å². The van der Waals surface area contributed by atoms with E-state index in [0.29, 0.717) is 5.56 Å². The molecule has 0 unspecified atom stereocenters. The first-order valence-electron chi connectivity index (χ1n) is 3.28. The molecule has 0 heterocycles. The van der Waals surface area contributed by atoms with Gasteiger partial charge in [-0.3, -0.25) is 0 Å². The maximum atomic E-state index is 11.7. The minimum Gasteiger partial charge on any atom is -0.435 e. The first kappa shape index (κ1) is 8.93. The van der Waals surface area contributed by atoms with Crippen molar-refractivity contribution in [2.75, 3.05) is 0 Å². The number of ether oxygens (including phenoxy) is 1. The Bertz CT molecular complexity index is 251. The highest BCUT2D eigenvalue weighted by molar-refractivity contribution is 5.27. The molecule has 0 amide bonds. The lowest BCUT2D eigenvalue weighted by molar-refractivity contribution is -0.0499. The normalized spacial score (nSPS) is 10.3. The second kappa shape index (κ2) is 4.01. The number of hydrogen-bond donors (Lipinski definition) is 1. The standard InChI is InChI=1S/C8H7F2O2/c9-8(10)12-7-3-1-2-6(4-7)5-11/h2-4,8,11H,5H2. The molecule has 1 N–H and O–H groups in total. The molecule has 0 spiro atoms. The molecule has 1 aromatic rings. The van der Waals surface area contributed by atoms with Gasteiger partial charge in [0.15, 0.2) is 0 Å². The van der Waals surface area contributed by atoms with Crippen LogP contribution in [0, 0.1) is 6.07 Å². The number of rotatable bonds is 3. The van der Waals surface area contributed by atoms with Gasteiger partial charge in [-0.25, -0.2) is 0 Å². The SMILES string of the molecule is OCc1c[c]cc(OC(F)F)c1. The molecule has 0 aromatic heterocycles. The van der Waals surface area contributed by atoms with E-state index in [2.05, 4.69) is 10.8 Å². The smallest absolute Gasteiger partial charge is 0.387 e. The van der Waals surface area contributed by atoms with Crippen molar-refractivity contribution in [3.8, 4) is 5.75 Å². The molecule has 12 heavy (non-hydrogen) atoms. The maximum Gasteiger partial charge on any atom is 0.387 e. The van der Waals surface area contributed by atoms with Crippen LogP contribution in [0.3, 0.4) is 0 Å². The number of halogens is 2. The van der Waals surface area contributed by atoms with Crippen LogP contribution in [0.15, 0.2) is 18.2 Å². The Kier molecular flexibility index (Phi) is 2.99. The summed E-state index contributed by atoms with van der Waals surface area (Å²) in [5, 5.41) is 8.63. The van der Waals surface area contributed by atoms with Crippen LogP contribution in [0.4, 0.5) is 8.78 Å². The Morgan fingerprint density at radius 3 is 2.83 bits per heavy atom. The van der Waals surface area contributed by atoms with Crippen molar-refractivity contribution in [1.29, 1.82) is 0 Å². The lowest BCUT2D eigenvalue weighted by atomic mass is 10.2. The van der Waals surface area contributed by atoms with Gasteiger partial charge in [0.1, 0.15) is 5.75 Å². The zero-order chi connectivity index (χ0) is 8.97. The van der Waals surface area contributed by atoms with Gasteiger partial charge in [0.2, 0.25) is 0 Å². The van der Waals surface area contributed by atoms with Gasteiger partial charge in [-0.15, -0.1) is 0 Å². The molecular weight excluding hydrogens is 166 g/mol. The first-order valence-corrected chi connectivity index (χ1v) is 3.28. The van der Waals surface area contributed by atoms with E-state index in [1.165, 1.54) is 18.2 Å². The fraction of sp³-hybridized carbons (Fsp3) is 0.250. The van der Waals surface area contributed by atoms with Gasteiger partial charge in [0, 0.05) is 0 Å². The average Bonchev–Trinajstić information content (AvgIpc) is 2.03. The molecule has 1 radical (unpaired) electrons. The molecular formula is C8H7F2O2. The average molecular weight is 173 g/mol. The highest BCUT2D eigenvalue weighted by Gasteiger charge is 2.03. The summed E-state index contributed by atoms with van der Waals surface area (Å²) in [4.78, 5) is 0. The van der Waals surface area contributed by atoms with Crippen molar-refractivity contribution in [3.63, 3.8) is 0 Å². The molecule has 0 saturated heterocycles. The molecule has 0 aliphatic heterocycles. The summed E-state index contributed by atoms with van der Waals surface area (Å²) in [6.07, 6.45) is 0. The van der Waals surface area contributed by atoms with Crippen LogP contribution in [0.2, 0.25) is 0 Å². The zero-order valence-corrected chi connectivity index (χ0v) is 6.13. The lowest BCUT2D eigenvalue weighted by Crippen LogP contribution is -2.02. The van der Waals surface area contributed by atoms with E-state index < -0.39 is 6.61 Å². The van der Waals surface area contributed by atoms with Crippen molar-refractivity contribution in [1.82, 2.24) is 0 Å². The zero-order valence-electron chi connectivity index (χ0n) is 6.13. The predicted octanol–water partition coefficient (Wildman–Crippen LogP) is 1.58. The van der Waals surface area contributed by atoms with E-state index in [1.54, 1.807) is 0 Å². The van der Waals surface area contributed by atoms with Crippen LogP contribution in [-0.4, -0.2) is 11.7 Å². The molecule has 0 atom stereocenters.